The van der Waals surface area contributed by atoms with Gasteiger partial charge in [-0.05, 0) is 12.1 Å². The van der Waals surface area contributed by atoms with Gasteiger partial charge in [-0.25, -0.2) is 4.98 Å². The van der Waals surface area contributed by atoms with Gasteiger partial charge in [0.2, 0.25) is 5.88 Å². The number of ether oxygens (including phenoxy) is 2. The largest absolute Gasteiger partial charge is 0.434 e. The third-order valence-electron chi connectivity index (χ3n) is 2.23. The van der Waals surface area contributed by atoms with Crippen LogP contribution in [0, 0.1) is 0 Å². The molecular formula is C12H7Cl3F2N2O2. The van der Waals surface area contributed by atoms with E-state index in [1.54, 1.807) is 0 Å². The molecule has 0 saturated heterocycles. The number of nitrogens with two attached hydrogens (primary N) is 1. The summed E-state index contributed by atoms with van der Waals surface area (Å²) in [6.45, 7) is -2.98. The number of halogens is 5. The predicted molar refractivity (Wildman–Crippen MR) is 76.8 cm³/mol. The van der Waals surface area contributed by atoms with Crippen molar-refractivity contribution in [2.45, 2.75) is 6.61 Å². The summed E-state index contributed by atoms with van der Waals surface area (Å²) in [5.41, 5.74) is 5.92. The van der Waals surface area contributed by atoms with Crippen molar-refractivity contribution in [3.05, 3.63) is 39.5 Å². The number of nitrogen functional groups attached to an aromatic ring is 1. The maximum Gasteiger partial charge on any atom is 0.387 e. The summed E-state index contributed by atoms with van der Waals surface area (Å²) in [6, 6.07) is 4.01. The molecule has 0 unspecified atom stereocenters. The van der Waals surface area contributed by atoms with Crippen molar-refractivity contribution >= 4 is 40.5 Å². The minimum absolute atomic E-state index is 0.0443. The molecule has 112 valence electrons. The summed E-state index contributed by atoms with van der Waals surface area (Å²) in [5.74, 6) is -0.159. The van der Waals surface area contributed by atoms with Gasteiger partial charge >= 0.3 is 6.61 Å². The summed E-state index contributed by atoms with van der Waals surface area (Å²) in [4.78, 5) is 3.77. The molecule has 0 fully saturated rings. The molecule has 0 atom stereocenters. The Hall–Kier alpha value is -1.50. The molecule has 21 heavy (non-hydrogen) atoms. The van der Waals surface area contributed by atoms with Gasteiger partial charge in [0.15, 0.2) is 5.75 Å². The maximum atomic E-state index is 12.1. The molecule has 0 bridgehead atoms. The first-order valence-corrected chi connectivity index (χ1v) is 6.53. The van der Waals surface area contributed by atoms with E-state index in [4.69, 9.17) is 45.3 Å². The Labute approximate surface area is 133 Å². The lowest BCUT2D eigenvalue weighted by Gasteiger charge is -2.11. The lowest BCUT2D eigenvalue weighted by Crippen LogP contribution is -2.02. The quantitative estimate of drug-likeness (QED) is 0.783. The number of rotatable bonds is 4. The van der Waals surface area contributed by atoms with Crippen LogP contribution in [0.3, 0.4) is 0 Å². The third kappa shape index (κ3) is 4.00. The highest BCUT2D eigenvalue weighted by Gasteiger charge is 2.14. The van der Waals surface area contributed by atoms with E-state index in [9.17, 15) is 8.78 Å². The molecule has 1 aromatic carbocycles. The second kappa shape index (κ2) is 6.51. The van der Waals surface area contributed by atoms with E-state index in [0.29, 0.717) is 5.69 Å². The molecule has 2 rings (SSSR count). The number of alkyl halides is 2. The predicted octanol–water partition coefficient (Wildman–Crippen LogP) is 5.02. The van der Waals surface area contributed by atoms with Gasteiger partial charge in [-0.15, -0.1) is 0 Å². The van der Waals surface area contributed by atoms with Crippen molar-refractivity contribution in [3.63, 3.8) is 0 Å². The zero-order chi connectivity index (χ0) is 15.6. The molecule has 0 aliphatic rings. The summed E-state index contributed by atoms with van der Waals surface area (Å²) < 4.78 is 33.7. The Kier molecular flexibility index (Phi) is 4.92. The number of hydrogen-bond acceptors (Lipinski definition) is 4. The van der Waals surface area contributed by atoms with Gasteiger partial charge in [0.05, 0.1) is 16.2 Å². The maximum absolute atomic E-state index is 12.1. The lowest BCUT2D eigenvalue weighted by atomic mass is 10.3. The third-order valence-corrected chi connectivity index (χ3v) is 3.06. The van der Waals surface area contributed by atoms with Crippen molar-refractivity contribution < 1.29 is 18.3 Å². The molecule has 0 saturated carbocycles. The van der Waals surface area contributed by atoms with Gasteiger partial charge in [-0.2, -0.15) is 8.78 Å². The van der Waals surface area contributed by atoms with Crippen LogP contribution >= 0.6 is 34.8 Å². The summed E-state index contributed by atoms with van der Waals surface area (Å²) >= 11 is 17.8. The van der Waals surface area contributed by atoms with E-state index >= 15 is 0 Å². The molecule has 1 heterocycles. The van der Waals surface area contributed by atoms with Crippen molar-refractivity contribution in [2.75, 3.05) is 5.73 Å². The zero-order valence-electron chi connectivity index (χ0n) is 10.1. The number of pyridine rings is 1. The first-order chi connectivity index (χ1) is 9.86. The summed E-state index contributed by atoms with van der Waals surface area (Å²) in [7, 11) is 0. The van der Waals surface area contributed by atoms with E-state index in [1.807, 2.05) is 0 Å². The van der Waals surface area contributed by atoms with Gasteiger partial charge in [0.1, 0.15) is 10.8 Å². The fourth-order valence-electron chi connectivity index (χ4n) is 1.42. The van der Waals surface area contributed by atoms with Gasteiger partial charge in [0.25, 0.3) is 0 Å². The van der Waals surface area contributed by atoms with E-state index in [1.165, 1.54) is 12.1 Å². The van der Waals surface area contributed by atoms with E-state index in [-0.39, 0.29) is 32.4 Å². The van der Waals surface area contributed by atoms with Crippen LogP contribution in [0.15, 0.2) is 24.4 Å². The normalized spacial score (nSPS) is 10.8. The van der Waals surface area contributed by atoms with Crippen LogP contribution in [-0.2, 0) is 0 Å². The van der Waals surface area contributed by atoms with Crippen LogP contribution in [0.2, 0.25) is 15.1 Å². The highest BCUT2D eigenvalue weighted by atomic mass is 35.5. The SMILES string of the molecule is Nc1cc(Cl)c(Oc2ncc(OC(F)F)cc2Cl)c(Cl)c1. The van der Waals surface area contributed by atoms with Crippen molar-refractivity contribution in [1.82, 2.24) is 4.98 Å². The van der Waals surface area contributed by atoms with Crippen LogP contribution in [-0.4, -0.2) is 11.6 Å². The van der Waals surface area contributed by atoms with Gasteiger partial charge < -0.3 is 15.2 Å². The van der Waals surface area contributed by atoms with Gasteiger partial charge in [-0.1, -0.05) is 34.8 Å². The molecule has 9 heteroatoms. The molecule has 2 aromatic rings. The van der Waals surface area contributed by atoms with Crippen LogP contribution in [0.4, 0.5) is 14.5 Å². The van der Waals surface area contributed by atoms with E-state index in [0.717, 1.165) is 12.3 Å². The van der Waals surface area contributed by atoms with Gasteiger partial charge in [0, 0.05) is 11.8 Å². The minimum atomic E-state index is -2.98. The minimum Gasteiger partial charge on any atom is -0.434 e. The number of benzene rings is 1. The first-order valence-electron chi connectivity index (χ1n) is 5.39. The number of anilines is 1. The topological polar surface area (TPSA) is 57.4 Å². The molecule has 0 aliphatic carbocycles. The number of nitrogens with zero attached hydrogens (tertiary/aromatic N) is 1. The van der Waals surface area contributed by atoms with Crippen molar-refractivity contribution in [3.8, 4) is 17.4 Å². The average molecular weight is 356 g/mol. The molecule has 2 N–H and O–H groups in total. The fourth-order valence-corrected chi connectivity index (χ4v) is 2.20. The Bertz CT molecular complexity index is 648. The van der Waals surface area contributed by atoms with E-state index < -0.39 is 6.61 Å². The highest BCUT2D eigenvalue weighted by Crippen LogP contribution is 2.39. The molecule has 0 radical (unpaired) electrons. The average Bonchev–Trinajstić information content (AvgIpc) is 2.35. The number of hydrogen-bond donors (Lipinski definition) is 1. The van der Waals surface area contributed by atoms with Crippen LogP contribution in [0.5, 0.6) is 17.4 Å². The number of aromatic nitrogens is 1. The van der Waals surface area contributed by atoms with Crippen LogP contribution < -0.4 is 15.2 Å². The summed E-state index contributed by atoms with van der Waals surface area (Å²) in [6.07, 6.45) is 1.03. The molecule has 0 spiro atoms. The van der Waals surface area contributed by atoms with Crippen molar-refractivity contribution in [2.24, 2.45) is 0 Å². The van der Waals surface area contributed by atoms with Crippen molar-refractivity contribution in [1.29, 1.82) is 0 Å². The zero-order valence-corrected chi connectivity index (χ0v) is 12.4. The molecule has 1 aromatic heterocycles. The first kappa shape index (κ1) is 15.9. The molecule has 4 nitrogen and oxygen atoms in total. The monoisotopic (exact) mass is 354 g/mol. The molecular weight excluding hydrogens is 348 g/mol. The van der Waals surface area contributed by atoms with Crippen LogP contribution in [0.25, 0.3) is 0 Å². The smallest absolute Gasteiger partial charge is 0.387 e. The molecule has 0 aliphatic heterocycles. The fraction of sp³-hybridized carbons (Fsp3) is 0.0833. The van der Waals surface area contributed by atoms with Gasteiger partial charge in [-0.3, -0.25) is 0 Å². The second-order valence-electron chi connectivity index (χ2n) is 3.75. The Morgan fingerprint density at radius 2 is 1.67 bits per heavy atom. The Balaban J connectivity index is 2.28. The second-order valence-corrected chi connectivity index (χ2v) is 4.97. The van der Waals surface area contributed by atoms with Crippen LogP contribution in [0.1, 0.15) is 0 Å². The Morgan fingerprint density at radius 3 is 2.19 bits per heavy atom. The highest BCUT2D eigenvalue weighted by molar-refractivity contribution is 6.37. The lowest BCUT2D eigenvalue weighted by molar-refractivity contribution is -0.0501. The summed E-state index contributed by atoms with van der Waals surface area (Å²) in [5, 5.41) is 0.272. The standard InChI is InChI=1S/C12H7Cl3F2N2O2/c13-7-1-5(18)2-8(14)10(7)21-11-9(15)3-6(4-19-11)20-12(16)17/h1-4,12H,18H2. The Morgan fingerprint density at radius 1 is 1.05 bits per heavy atom. The molecule has 0 amide bonds. The van der Waals surface area contributed by atoms with E-state index in [2.05, 4.69) is 9.72 Å².